The molecule has 2 rings (SSSR count). The first-order valence-corrected chi connectivity index (χ1v) is 8.90. The standard InChI is InChI=1S/C22H26O6/c1-13-7-8-14(2)17(9-13)21(24)15(3)28-20(23)12-16-10-18(25-4)22(27-6)19(11-16)26-5/h7-11,15H,12H2,1-6H3/t15-/m1/s1. The maximum absolute atomic E-state index is 12.7. The van der Waals surface area contributed by atoms with Crippen LogP contribution in [-0.2, 0) is 16.0 Å². The van der Waals surface area contributed by atoms with Gasteiger partial charge >= 0.3 is 5.97 Å². The molecule has 2 aromatic rings. The van der Waals surface area contributed by atoms with E-state index in [4.69, 9.17) is 18.9 Å². The first-order chi connectivity index (χ1) is 13.3. The normalized spacial score (nSPS) is 11.5. The average Bonchev–Trinajstić information content (AvgIpc) is 2.68. The van der Waals surface area contributed by atoms with Gasteiger partial charge in [0.15, 0.2) is 17.6 Å². The molecular formula is C22H26O6. The van der Waals surface area contributed by atoms with E-state index in [-0.39, 0.29) is 12.2 Å². The van der Waals surface area contributed by atoms with Gasteiger partial charge in [0, 0.05) is 5.56 Å². The second-order valence-corrected chi connectivity index (χ2v) is 6.53. The fourth-order valence-electron chi connectivity index (χ4n) is 2.92. The van der Waals surface area contributed by atoms with Gasteiger partial charge in [-0.1, -0.05) is 17.7 Å². The van der Waals surface area contributed by atoms with Gasteiger partial charge in [-0.15, -0.1) is 0 Å². The predicted octanol–water partition coefficient (Wildman–Crippen LogP) is 3.69. The largest absolute Gasteiger partial charge is 0.493 e. The van der Waals surface area contributed by atoms with Gasteiger partial charge in [-0.05, 0) is 50.1 Å². The number of aryl methyl sites for hydroxylation is 2. The Labute approximate surface area is 165 Å². The van der Waals surface area contributed by atoms with Crippen molar-refractivity contribution in [1.82, 2.24) is 0 Å². The van der Waals surface area contributed by atoms with Gasteiger partial charge in [-0.25, -0.2) is 0 Å². The summed E-state index contributed by atoms with van der Waals surface area (Å²) in [7, 11) is 4.52. The highest BCUT2D eigenvalue weighted by atomic mass is 16.5. The first-order valence-electron chi connectivity index (χ1n) is 8.90. The lowest BCUT2D eigenvalue weighted by Crippen LogP contribution is -2.26. The number of Topliss-reactive ketones (excluding diaryl/α,β-unsaturated/α-hetero) is 1. The minimum atomic E-state index is -0.880. The van der Waals surface area contributed by atoms with Gasteiger partial charge in [0.25, 0.3) is 0 Å². The summed E-state index contributed by atoms with van der Waals surface area (Å²) in [5.74, 6) is 0.605. The van der Waals surface area contributed by atoms with Crippen LogP contribution in [0.1, 0.15) is 34.0 Å². The molecule has 0 N–H and O–H groups in total. The average molecular weight is 386 g/mol. The molecule has 6 nitrogen and oxygen atoms in total. The molecule has 0 bridgehead atoms. The molecule has 0 heterocycles. The summed E-state index contributed by atoms with van der Waals surface area (Å²) in [6.07, 6.45) is -0.906. The quantitative estimate of drug-likeness (QED) is 0.509. The van der Waals surface area contributed by atoms with Crippen LogP contribution < -0.4 is 14.2 Å². The molecule has 1 atom stereocenters. The fourth-order valence-corrected chi connectivity index (χ4v) is 2.92. The number of carbonyl (C=O) groups excluding carboxylic acids is 2. The van der Waals surface area contributed by atoms with Gasteiger partial charge in [0.2, 0.25) is 11.5 Å². The van der Waals surface area contributed by atoms with Crippen molar-refractivity contribution in [3.8, 4) is 17.2 Å². The molecule has 0 saturated heterocycles. The Balaban J connectivity index is 2.13. The van der Waals surface area contributed by atoms with Crippen molar-refractivity contribution >= 4 is 11.8 Å². The third kappa shape index (κ3) is 4.82. The molecular weight excluding hydrogens is 360 g/mol. The molecule has 0 radical (unpaired) electrons. The molecule has 0 aliphatic rings. The third-order valence-electron chi connectivity index (χ3n) is 4.41. The molecule has 0 aliphatic heterocycles. The SMILES string of the molecule is COc1cc(CC(=O)O[C@H](C)C(=O)c2cc(C)ccc2C)cc(OC)c1OC. The van der Waals surface area contributed by atoms with Crippen LogP contribution in [0.2, 0.25) is 0 Å². The van der Waals surface area contributed by atoms with Crippen LogP contribution in [0.15, 0.2) is 30.3 Å². The summed E-state index contributed by atoms with van der Waals surface area (Å²) in [5, 5.41) is 0. The van der Waals surface area contributed by atoms with Gasteiger partial charge in [0.05, 0.1) is 27.8 Å². The number of ether oxygens (including phenoxy) is 4. The van der Waals surface area contributed by atoms with Crippen molar-refractivity contribution in [2.24, 2.45) is 0 Å². The third-order valence-corrected chi connectivity index (χ3v) is 4.41. The highest BCUT2D eigenvalue weighted by Gasteiger charge is 2.22. The molecule has 6 heteroatoms. The summed E-state index contributed by atoms with van der Waals surface area (Å²) in [4.78, 5) is 25.0. The first kappa shape index (κ1) is 21.3. The van der Waals surface area contributed by atoms with Gasteiger partial charge in [-0.2, -0.15) is 0 Å². The van der Waals surface area contributed by atoms with Crippen LogP contribution in [0.3, 0.4) is 0 Å². The van der Waals surface area contributed by atoms with E-state index < -0.39 is 12.1 Å². The highest BCUT2D eigenvalue weighted by molar-refractivity contribution is 6.01. The second kappa shape index (κ2) is 9.26. The van der Waals surface area contributed by atoms with E-state index in [1.165, 1.54) is 21.3 Å². The Morgan fingerprint density at radius 3 is 2.07 bits per heavy atom. The number of ketones is 1. The summed E-state index contributed by atoms with van der Waals surface area (Å²) in [6.45, 7) is 5.35. The second-order valence-electron chi connectivity index (χ2n) is 6.53. The van der Waals surface area contributed by atoms with Crippen LogP contribution in [0.25, 0.3) is 0 Å². The van der Waals surface area contributed by atoms with Crippen molar-refractivity contribution in [2.75, 3.05) is 21.3 Å². The van der Waals surface area contributed by atoms with Crippen molar-refractivity contribution in [1.29, 1.82) is 0 Å². The molecule has 0 saturated carbocycles. The highest BCUT2D eigenvalue weighted by Crippen LogP contribution is 2.38. The maximum atomic E-state index is 12.7. The number of esters is 1. The number of methoxy groups -OCH3 is 3. The van der Waals surface area contributed by atoms with Gasteiger partial charge < -0.3 is 18.9 Å². The van der Waals surface area contributed by atoms with Crippen molar-refractivity contribution in [3.63, 3.8) is 0 Å². The van der Waals surface area contributed by atoms with E-state index in [0.717, 1.165) is 11.1 Å². The maximum Gasteiger partial charge on any atom is 0.310 e. The smallest absolute Gasteiger partial charge is 0.310 e. The number of benzene rings is 2. The summed E-state index contributed by atoms with van der Waals surface area (Å²) in [6, 6.07) is 8.99. The topological polar surface area (TPSA) is 71.1 Å². The van der Waals surface area contributed by atoms with E-state index in [0.29, 0.717) is 28.4 Å². The predicted molar refractivity (Wildman–Crippen MR) is 106 cm³/mol. The Morgan fingerprint density at radius 2 is 1.54 bits per heavy atom. The number of carbonyl (C=O) groups is 2. The van der Waals surface area contributed by atoms with E-state index >= 15 is 0 Å². The zero-order valence-electron chi connectivity index (χ0n) is 17.1. The monoisotopic (exact) mass is 386 g/mol. The lowest BCUT2D eigenvalue weighted by Gasteiger charge is -2.16. The molecule has 2 aromatic carbocycles. The Bertz CT molecular complexity index is 846. The molecule has 0 spiro atoms. The minimum Gasteiger partial charge on any atom is -0.493 e. The Hall–Kier alpha value is -3.02. The lowest BCUT2D eigenvalue weighted by atomic mass is 9.99. The fraction of sp³-hybridized carbons (Fsp3) is 0.364. The minimum absolute atomic E-state index is 0.0267. The molecule has 0 fully saturated rings. The van der Waals surface area contributed by atoms with Crippen LogP contribution in [0.5, 0.6) is 17.2 Å². The zero-order valence-corrected chi connectivity index (χ0v) is 17.1. The summed E-state index contributed by atoms with van der Waals surface area (Å²) < 4.78 is 21.2. The molecule has 0 aromatic heterocycles. The van der Waals surface area contributed by atoms with E-state index in [1.807, 2.05) is 26.0 Å². The van der Waals surface area contributed by atoms with Crippen LogP contribution >= 0.6 is 0 Å². The van der Waals surface area contributed by atoms with Gasteiger partial charge in [0.1, 0.15) is 0 Å². The molecule has 0 unspecified atom stereocenters. The molecule has 0 aliphatic carbocycles. The van der Waals surface area contributed by atoms with Crippen molar-refractivity contribution in [3.05, 3.63) is 52.6 Å². The Morgan fingerprint density at radius 1 is 0.929 bits per heavy atom. The van der Waals surface area contributed by atoms with E-state index in [1.54, 1.807) is 25.1 Å². The summed E-state index contributed by atoms with van der Waals surface area (Å²) in [5.41, 5.74) is 3.02. The number of hydrogen-bond donors (Lipinski definition) is 0. The van der Waals surface area contributed by atoms with E-state index in [9.17, 15) is 9.59 Å². The molecule has 150 valence electrons. The van der Waals surface area contributed by atoms with Crippen LogP contribution in [0, 0.1) is 13.8 Å². The van der Waals surface area contributed by atoms with Crippen LogP contribution in [-0.4, -0.2) is 39.2 Å². The summed E-state index contributed by atoms with van der Waals surface area (Å²) >= 11 is 0. The molecule has 28 heavy (non-hydrogen) atoms. The number of hydrogen-bond acceptors (Lipinski definition) is 6. The van der Waals surface area contributed by atoms with E-state index in [2.05, 4.69) is 0 Å². The van der Waals surface area contributed by atoms with Crippen LogP contribution in [0.4, 0.5) is 0 Å². The van der Waals surface area contributed by atoms with Crippen molar-refractivity contribution < 1.29 is 28.5 Å². The Kier molecular flexibility index (Phi) is 7.04. The van der Waals surface area contributed by atoms with Gasteiger partial charge in [-0.3, -0.25) is 9.59 Å². The van der Waals surface area contributed by atoms with Crippen molar-refractivity contribution in [2.45, 2.75) is 33.3 Å². The lowest BCUT2D eigenvalue weighted by molar-refractivity contribution is -0.145. The molecule has 0 amide bonds. The zero-order chi connectivity index (χ0) is 20.8. The number of rotatable bonds is 8.